The standard InChI is InChI=1S/C25H21N3O6/c1-15-11-18(8-9-20(15)34-2)23(29)21-22(17-6-3-7-19(12-17)28(32)33)27(25(31)24(21)30)14-16-5-4-10-26-13-16/h3-13,22,29H,14H2,1-2H3/b23-21+/t22-/m1/s1. The van der Waals surface area contributed by atoms with Crippen molar-refractivity contribution in [2.45, 2.75) is 19.5 Å². The Morgan fingerprint density at radius 3 is 2.62 bits per heavy atom. The van der Waals surface area contributed by atoms with Crippen molar-refractivity contribution in [3.8, 4) is 5.75 Å². The number of nitrogens with zero attached hydrogens (tertiary/aromatic N) is 3. The molecule has 0 bridgehead atoms. The molecule has 4 rings (SSSR count). The second-order valence-electron chi connectivity index (χ2n) is 7.82. The van der Waals surface area contributed by atoms with Crippen LogP contribution >= 0.6 is 0 Å². The van der Waals surface area contributed by atoms with Crippen molar-refractivity contribution in [2.75, 3.05) is 7.11 Å². The second-order valence-corrected chi connectivity index (χ2v) is 7.82. The summed E-state index contributed by atoms with van der Waals surface area (Å²) in [6.45, 7) is 1.82. The fourth-order valence-corrected chi connectivity index (χ4v) is 4.07. The first kappa shape index (κ1) is 22.7. The SMILES string of the molecule is COc1ccc(/C(O)=C2\C(=O)C(=O)N(Cc3cccnc3)[C@@H]2c2cccc([N+](=O)[O-])c2)cc1C. The Morgan fingerprint density at radius 1 is 1.18 bits per heavy atom. The van der Waals surface area contributed by atoms with Gasteiger partial charge in [0.15, 0.2) is 0 Å². The average molecular weight is 459 g/mol. The number of likely N-dealkylation sites (tertiary alicyclic amines) is 1. The van der Waals surface area contributed by atoms with E-state index < -0.39 is 22.7 Å². The van der Waals surface area contributed by atoms with Crippen molar-refractivity contribution in [2.24, 2.45) is 0 Å². The summed E-state index contributed by atoms with van der Waals surface area (Å²) in [7, 11) is 1.52. The van der Waals surface area contributed by atoms with Crippen molar-refractivity contribution in [1.29, 1.82) is 0 Å². The number of pyridine rings is 1. The maximum absolute atomic E-state index is 13.1. The highest BCUT2D eigenvalue weighted by molar-refractivity contribution is 6.46. The molecule has 9 heteroatoms. The number of aromatic nitrogens is 1. The zero-order chi connectivity index (χ0) is 24.4. The molecule has 1 aromatic heterocycles. The van der Waals surface area contributed by atoms with Gasteiger partial charge in [-0.1, -0.05) is 18.2 Å². The number of hydrogen-bond acceptors (Lipinski definition) is 7. The Morgan fingerprint density at radius 2 is 1.97 bits per heavy atom. The van der Waals surface area contributed by atoms with E-state index in [-0.39, 0.29) is 23.6 Å². The number of hydrogen-bond donors (Lipinski definition) is 1. The first-order chi connectivity index (χ1) is 16.3. The summed E-state index contributed by atoms with van der Waals surface area (Å²) in [6, 6.07) is 13.0. The Bertz CT molecular complexity index is 1320. The van der Waals surface area contributed by atoms with Gasteiger partial charge in [-0.2, -0.15) is 0 Å². The van der Waals surface area contributed by atoms with Crippen LogP contribution in [-0.4, -0.2) is 38.7 Å². The number of aliphatic hydroxyl groups is 1. The Kier molecular flexibility index (Phi) is 6.09. The quantitative estimate of drug-likeness (QED) is 0.195. The molecule has 0 spiro atoms. The smallest absolute Gasteiger partial charge is 0.295 e. The van der Waals surface area contributed by atoms with Gasteiger partial charge in [0.05, 0.1) is 23.6 Å². The first-order valence-corrected chi connectivity index (χ1v) is 10.4. The highest BCUT2D eigenvalue weighted by Gasteiger charge is 2.46. The van der Waals surface area contributed by atoms with Gasteiger partial charge in [0.25, 0.3) is 17.4 Å². The average Bonchev–Trinajstić information content (AvgIpc) is 3.09. The van der Waals surface area contributed by atoms with Crippen LogP contribution in [0.15, 0.2) is 72.6 Å². The van der Waals surface area contributed by atoms with Crippen molar-refractivity contribution in [3.05, 3.63) is 105 Å². The first-order valence-electron chi connectivity index (χ1n) is 10.4. The number of aliphatic hydroxyl groups excluding tert-OH is 1. The van der Waals surface area contributed by atoms with Gasteiger partial charge < -0.3 is 14.7 Å². The Labute approximate surface area is 195 Å². The van der Waals surface area contributed by atoms with Crippen LogP contribution in [0.2, 0.25) is 0 Å². The highest BCUT2D eigenvalue weighted by atomic mass is 16.6. The third-order valence-corrected chi connectivity index (χ3v) is 5.68. The molecule has 1 aliphatic rings. The summed E-state index contributed by atoms with van der Waals surface area (Å²) in [6.07, 6.45) is 3.15. The number of carbonyl (C=O) groups excluding carboxylic acids is 2. The number of aryl methyl sites for hydroxylation is 1. The van der Waals surface area contributed by atoms with Gasteiger partial charge in [0, 0.05) is 36.6 Å². The molecule has 0 aliphatic carbocycles. The van der Waals surface area contributed by atoms with Gasteiger partial charge >= 0.3 is 0 Å². The van der Waals surface area contributed by atoms with Crippen LogP contribution < -0.4 is 4.74 Å². The van der Waals surface area contributed by atoms with Crippen molar-refractivity contribution in [3.63, 3.8) is 0 Å². The molecule has 0 radical (unpaired) electrons. The fraction of sp³-hybridized carbons (Fsp3) is 0.160. The summed E-state index contributed by atoms with van der Waals surface area (Å²) in [4.78, 5) is 42.4. The van der Waals surface area contributed by atoms with Crippen LogP contribution in [-0.2, 0) is 16.1 Å². The number of carbonyl (C=O) groups is 2. The normalized spacial score (nSPS) is 17.1. The second kappa shape index (κ2) is 9.14. The molecule has 1 N–H and O–H groups in total. The minimum Gasteiger partial charge on any atom is -0.507 e. The van der Waals surface area contributed by atoms with Gasteiger partial charge in [0.2, 0.25) is 0 Å². The van der Waals surface area contributed by atoms with Gasteiger partial charge in [-0.15, -0.1) is 0 Å². The minimum atomic E-state index is -1.03. The van der Waals surface area contributed by atoms with E-state index in [4.69, 9.17) is 4.74 Å². The number of ether oxygens (including phenoxy) is 1. The molecule has 2 heterocycles. The van der Waals surface area contributed by atoms with E-state index in [1.165, 1.54) is 30.2 Å². The molecule has 0 unspecified atom stereocenters. The summed E-state index contributed by atoms with van der Waals surface area (Å²) < 4.78 is 5.26. The molecule has 0 saturated carbocycles. The van der Waals surface area contributed by atoms with Gasteiger partial charge in [-0.05, 0) is 47.9 Å². The minimum absolute atomic E-state index is 0.0319. The number of rotatable bonds is 6. The van der Waals surface area contributed by atoms with Crippen molar-refractivity contribution < 1.29 is 24.4 Å². The van der Waals surface area contributed by atoms with Gasteiger partial charge in [-0.25, -0.2) is 0 Å². The third kappa shape index (κ3) is 4.11. The summed E-state index contributed by atoms with van der Waals surface area (Å²) >= 11 is 0. The number of Topliss-reactive ketones (excluding diaryl/α,β-unsaturated/α-hetero) is 1. The fourth-order valence-electron chi connectivity index (χ4n) is 4.07. The van der Waals surface area contributed by atoms with E-state index in [1.807, 2.05) is 0 Å². The highest BCUT2D eigenvalue weighted by Crippen LogP contribution is 2.41. The number of ketones is 1. The number of methoxy groups -OCH3 is 1. The maximum Gasteiger partial charge on any atom is 0.295 e. The molecule has 1 atom stereocenters. The monoisotopic (exact) mass is 459 g/mol. The van der Waals surface area contributed by atoms with Crippen LogP contribution in [0.5, 0.6) is 5.75 Å². The summed E-state index contributed by atoms with van der Waals surface area (Å²) in [5.41, 5.74) is 1.73. The Hall–Kier alpha value is -4.53. The molecule has 34 heavy (non-hydrogen) atoms. The van der Waals surface area contributed by atoms with Crippen molar-refractivity contribution in [1.82, 2.24) is 9.88 Å². The molecule has 1 saturated heterocycles. The van der Waals surface area contributed by atoms with Crippen molar-refractivity contribution >= 4 is 23.1 Å². The topological polar surface area (TPSA) is 123 Å². The van der Waals surface area contributed by atoms with Crippen LogP contribution in [0.25, 0.3) is 5.76 Å². The predicted molar refractivity (Wildman–Crippen MR) is 123 cm³/mol. The third-order valence-electron chi connectivity index (χ3n) is 5.68. The lowest BCUT2D eigenvalue weighted by Gasteiger charge is -2.25. The number of nitro groups is 1. The number of amides is 1. The predicted octanol–water partition coefficient (Wildman–Crippen LogP) is 3.93. The summed E-state index contributed by atoms with van der Waals surface area (Å²) in [5.74, 6) is -1.45. The maximum atomic E-state index is 13.1. The molecule has 3 aromatic rings. The molecule has 1 fully saturated rings. The van der Waals surface area contributed by atoms with Gasteiger partial charge in [0.1, 0.15) is 11.5 Å². The zero-order valence-electron chi connectivity index (χ0n) is 18.5. The lowest BCUT2D eigenvalue weighted by Crippen LogP contribution is -2.29. The number of nitro benzene ring substituents is 1. The number of benzene rings is 2. The summed E-state index contributed by atoms with van der Waals surface area (Å²) in [5, 5.41) is 22.6. The van der Waals surface area contributed by atoms with Crippen LogP contribution in [0.1, 0.15) is 28.3 Å². The number of non-ortho nitro benzene ring substituents is 1. The largest absolute Gasteiger partial charge is 0.507 e. The van der Waals surface area contributed by atoms with E-state index in [1.54, 1.807) is 55.7 Å². The van der Waals surface area contributed by atoms with E-state index in [9.17, 15) is 24.8 Å². The molecule has 9 nitrogen and oxygen atoms in total. The van der Waals surface area contributed by atoms with E-state index in [2.05, 4.69) is 4.98 Å². The molecule has 1 amide bonds. The molecule has 2 aromatic carbocycles. The molecular weight excluding hydrogens is 438 g/mol. The Balaban J connectivity index is 1.89. The zero-order valence-corrected chi connectivity index (χ0v) is 18.5. The van der Waals surface area contributed by atoms with E-state index >= 15 is 0 Å². The lowest BCUT2D eigenvalue weighted by atomic mass is 9.94. The molecular formula is C25H21N3O6. The van der Waals surface area contributed by atoms with Crippen LogP contribution in [0.4, 0.5) is 5.69 Å². The van der Waals surface area contributed by atoms with E-state index in [0.29, 0.717) is 22.4 Å². The van der Waals surface area contributed by atoms with E-state index in [0.717, 1.165) is 5.56 Å². The lowest BCUT2D eigenvalue weighted by molar-refractivity contribution is -0.384. The molecule has 1 aliphatic heterocycles. The van der Waals surface area contributed by atoms with Gasteiger partial charge in [-0.3, -0.25) is 24.7 Å². The molecule has 172 valence electrons. The van der Waals surface area contributed by atoms with Crippen LogP contribution in [0.3, 0.4) is 0 Å². The van der Waals surface area contributed by atoms with Crippen LogP contribution in [0, 0.1) is 17.0 Å².